The van der Waals surface area contributed by atoms with Gasteiger partial charge in [-0.1, -0.05) is 24.3 Å². The third-order valence-corrected chi connectivity index (χ3v) is 5.42. The first-order valence-electron chi connectivity index (χ1n) is 8.15. The molecule has 7 heteroatoms. The molecule has 0 bridgehead atoms. The zero-order valence-corrected chi connectivity index (χ0v) is 15.1. The van der Waals surface area contributed by atoms with E-state index in [9.17, 15) is 13.2 Å². The van der Waals surface area contributed by atoms with Crippen LogP contribution in [0.5, 0.6) is 0 Å². The van der Waals surface area contributed by atoms with Crippen molar-refractivity contribution in [2.75, 3.05) is 6.54 Å². The molecule has 0 radical (unpaired) electrons. The van der Waals surface area contributed by atoms with Crippen molar-refractivity contribution in [3.63, 3.8) is 0 Å². The van der Waals surface area contributed by atoms with Crippen LogP contribution >= 0.6 is 0 Å². The van der Waals surface area contributed by atoms with Crippen LogP contribution in [0.25, 0.3) is 5.69 Å². The second-order valence-corrected chi connectivity index (χ2v) is 7.62. The molecule has 0 saturated carbocycles. The molecule has 0 aliphatic rings. The molecule has 134 valence electrons. The maximum Gasteiger partial charge on any atom is 0.240 e. The lowest BCUT2D eigenvalue weighted by atomic mass is 10.1. The predicted molar refractivity (Wildman–Crippen MR) is 98.9 cm³/mol. The number of carbonyl (C=O) groups is 1. The van der Waals surface area contributed by atoms with Crippen LogP contribution in [0, 0.1) is 0 Å². The quantitative estimate of drug-likeness (QED) is 0.649. The topological polar surface area (TPSA) is 81.1 Å². The minimum absolute atomic E-state index is 0.0965. The van der Waals surface area contributed by atoms with E-state index in [-0.39, 0.29) is 17.2 Å². The highest BCUT2D eigenvalue weighted by atomic mass is 32.2. The fourth-order valence-electron chi connectivity index (χ4n) is 2.53. The first-order chi connectivity index (χ1) is 12.5. The van der Waals surface area contributed by atoms with Crippen molar-refractivity contribution in [1.82, 2.24) is 14.5 Å². The molecule has 1 heterocycles. The molecule has 0 spiro atoms. The summed E-state index contributed by atoms with van der Waals surface area (Å²) in [5, 5.41) is 4.16. The SMILES string of the molecule is CC(=O)c1cccc(S(=O)(=O)NCCc2ccc(-n3cccn3)cc2)c1. The maximum atomic E-state index is 12.4. The molecule has 0 amide bonds. The van der Waals surface area contributed by atoms with E-state index >= 15 is 0 Å². The maximum absolute atomic E-state index is 12.4. The Morgan fingerprint density at radius 3 is 2.54 bits per heavy atom. The van der Waals surface area contributed by atoms with Gasteiger partial charge in [-0.3, -0.25) is 4.79 Å². The normalized spacial score (nSPS) is 11.4. The van der Waals surface area contributed by atoms with Gasteiger partial charge in [0.1, 0.15) is 0 Å². The standard InChI is InChI=1S/C19H19N3O3S/c1-15(23)17-4-2-5-19(14-17)26(24,25)21-12-10-16-6-8-18(9-7-16)22-13-3-11-20-22/h2-9,11,13-14,21H,10,12H2,1H3. The summed E-state index contributed by atoms with van der Waals surface area (Å²) >= 11 is 0. The second kappa shape index (κ2) is 7.63. The third-order valence-electron chi connectivity index (χ3n) is 3.96. The lowest BCUT2D eigenvalue weighted by Crippen LogP contribution is -2.26. The van der Waals surface area contributed by atoms with Crippen LogP contribution in [-0.2, 0) is 16.4 Å². The Balaban J connectivity index is 1.62. The van der Waals surface area contributed by atoms with E-state index in [4.69, 9.17) is 0 Å². The van der Waals surface area contributed by atoms with Crippen LogP contribution < -0.4 is 4.72 Å². The predicted octanol–water partition coefficient (Wildman–Crippen LogP) is 2.60. The number of Topliss-reactive ketones (excluding diaryl/α,β-unsaturated/α-hetero) is 1. The van der Waals surface area contributed by atoms with Gasteiger partial charge in [-0.15, -0.1) is 0 Å². The molecule has 3 aromatic rings. The average Bonchev–Trinajstić information content (AvgIpc) is 3.17. The van der Waals surface area contributed by atoms with Crippen LogP contribution in [-0.4, -0.2) is 30.5 Å². The van der Waals surface area contributed by atoms with Gasteiger partial charge in [-0.25, -0.2) is 17.8 Å². The van der Waals surface area contributed by atoms with Gasteiger partial charge in [-0.2, -0.15) is 5.10 Å². The smallest absolute Gasteiger partial charge is 0.240 e. The van der Waals surface area contributed by atoms with Crippen molar-refractivity contribution in [2.45, 2.75) is 18.2 Å². The van der Waals surface area contributed by atoms with Gasteiger partial charge < -0.3 is 0 Å². The van der Waals surface area contributed by atoms with Crippen molar-refractivity contribution in [1.29, 1.82) is 0 Å². The largest absolute Gasteiger partial charge is 0.295 e. The van der Waals surface area contributed by atoms with Gasteiger partial charge in [0, 0.05) is 24.5 Å². The minimum Gasteiger partial charge on any atom is -0.295 e. The highest BCUT2D eigenvalue weighted by molar-refractivity contribution is 7.89. The number of hydrogen-bond donors (Lipinski definition) is 1. The summed E-state index contributed by atoms with van der Waals surface area (Å²) in [4.78, 5) is 11.5. The average molecular weight is 369 g/mol. The molecular weight excluding hydrogens is 350 g/mol. The molecule has 0 aliphatic heterocycles. The first kappa shape index (κ1) is 18.0. The van der Waals surface area contributed by atoms with Gasteiger partial charge in [0.2, 0.25) is 10.0 Å². The molecule has 0 fully saturated rings. The first-order valence-corrected chi connectivity index (χ1v) is 9.64. The summed E-state index contributed by atoms with van der Waals surface area (Å²) < 4.78 is 29.1. The van der Waals surface area contributed by atoms with Gasteiger partial charge in [-0.05, 0) is 49.2 Å². The molecular formula is C19H19N3O3S. The third kappa shape index (κ3) is 4.25. The highest BCUT2D eigenvalue weighted by Gasteiger charge is 2.14. The fraction of sp³-hybridized carbons (Fsp3) is 0.158. The lowest BCUT2D eigenvalue weighted by molar-refractivity contribution is 0.101. The Labute approximate surface area is 152 Å². The summed E-state index contributed by atoms with van der Waals surface area (Å²) in [5.41, 5.74) is 2.34. The van der Waals surface area contributed by atoms with Crippen molar-refractivity contribution in [3.05, 3.63) is 78.1 Å². The van der Waals surface area contributed by atoms with Crippen molar-refractivity contribution in [2.24, 2.45) is 0 Å². The molecule has 1 N–H and O–H groups in total. The monoisotopic (exact) mass is 369 g/mol. The lowest BCUT2D eigenvalue weighted by Gasteiger charge is -2.08. The Kier molecular flexibility index (Phi) is 5.29. The number of hydrogen-bond acceptors (Lipinski definition) is 4. The Hall–Kier alpha value is -2.77. The van der Waals surface area contributed by atoms with E-state index in [2.05, 4.69) is 9.82 Å². The second-order valence-electron chi connectivity index (χ2n) is 5.85. The van der Waals surface area contributed by atoms with Gasteiger partial charge in [0.15, 0.2) is 5.78 Å². The van der Waals surface area contributed by atoms with Crippen LogP contribution in [0.2, 0.25) is 0 Å². The molecule has 0 saturated heterocycles. The molecule has 26 heavy (non-hydrogen) atoms. The van der Waals surface area contributed by atoms with Crippen LogP contribution in [0.4, 0.5) is 0 Å². The Morgan fingerprint density at radius 2 is 1.88 bits per heavy atom. The Morgan fingerprint density at radius 1 is 1.12 bits per heavy atom. The van der Waals surface area contributed by atoms with Crippen LogP contribution in [0.1, 0.15) is 22.8 Å². The van der Waals surface area contributed by atoms with Crippen molar-refractivity contribution < 1.29 is 13.2 Å². The fourth-order valence-corrected chi connectivity index (χ4v) is 3.61. The number of carbonyl (C=O) groups excluding carboxylic acids is 1. The number of rotatable bonds is 7. The van der Waals surface area contributed by atoms with Gasteiger partial charge in [0.05, 0.1) is 10.6 Å². The molecule has 0 unspecified atom stereocenters. The molecule has 2 aromatic carbocycles. The summed E-state index contributed by atoms with van der Waals surface area (Å²) in [7, 11) is -3.65. The Bertz CT molecular complexity index is 995. The van der Waals surface area contributed by atoms with E-state index < -0.39 is 10.0 Å². The molecule has 3 rings (SSSR count). The minimum atomic E-state index is -3.65. The van der Waals surface area contributed by atoms with E-state index in [1.165, 1.54) is 19.1 Å². The number of nitrogens with one attached hydrogen (secondary N) is 1. The number of benzene rings is 2. The number of nitrogens with zero attached hydrogens (tertiary/aromatic N) is 2. The van der Waals surface area contributed by atoms with Crippen LogP contribution in [0.15, 0.2) is 71.9 Å². The summed E-state index contributed by atoms with van der Waals surface area (Å²) in [6.45, 7) is 1.68. The highest BCUT2D eigenvalue weighted by Crippen LogP contribution is 2.13. The van der Waals surface area contributed by atoms with Gasteiger partial charge in [0.25, 0.3) is 0 Å². The van der Waals surface area contributed by atoms with E-state index in [0.29, 0.717) is 12.0 Å². The summed E-state index contributed by atoms with van der Waals surface area (Å²) in [6.07, 6.45) is 4.13. The zero-order valence-electron chi connectivity index (χ0n) is 14.3. The molecule has 1 aromatic heterocycles. The molecule has 0 atom stereocenters. The summed E-state index contributed by atoms with van der Waals surface area (Å²) in [6, 6.07) is 15.7. The zero-order chi connectivity index (χ0) is 18.6. The van der Waals surface area contributed by atoms with Crippen molar-refractivity contribution in [3.8, 4) is 5.69 Å². The number of ketones is 1. The van der Waals surface area contributed by atoms with E-state index in [1.807, 2.05) is 36.5 Å². The van der Waals surface area contributed by atoms with E-state index in [0.717, 1.165) is 11.3 Å². The summed E-state index contributed by atoms with van der Waals surface area (Å²) in [5.74, 6) is -0.167. The van der Waals surface area contributed by atoms with Crippen LogP contribution in [0.3, 0.4) is 0 Å². The van der Waals surface area contributed by atoms with Crippen molar-refractivity contribution >= 4 is 15.8 Å². The molecule has 0 aliphatic carbocycles. The molecule has 6 nitrogen and oxygen atoms in total. The number of sulfonamides is 1. The van der Waals surface area contributed by atoms with Gasteiger partial charge >= 0.3 is 0 Å². The number of aromatic nitrogens is 2. The van der Waals surface area contributed by atoms with E-state index in [1.54, 1.807) is 23.0 Å².